The van der Waals surface area contributed by atoms with E-state index in [1.807, 2.05) is 26.0 Å². The van der Waals surface area contributed by atoms with Crippen molar-refractivity contribution in [2.45, 2.75) is 53.1 Å². The smallest absolute Gasteiger partial charge is 0.253 e. The number of aromatic nitrogens is 1. The van der Waals surface area contributed by atoms with Crippen molar-refractivity contribution in [1.82, 2.24) is 9.88 Å². The fourth-order valence-electron chi connectivity index (χ4n) is 2.89. The van der Waals surface area contributed by atoms with E-state index in [0.717, 1.165) is 23.4 Å². The quantitative estimate of drug-likeness (QED) is 0.880. The maximum Gasteiger partial charge on any atom is 0.253 e. The molecule has 1 amide bonds. The lowest BCUT2D eigenvalue weighted by molar-refractivity contribution is 0.0938. The largest absolute Gasteiger partial charge is 0.350 e. The minimum atomic E-state index is 0.0222. The molecule has 1 aromatic heterocycles. The second-order valence-electron chi connectivity index (χ2n) is 6.02. The van der Waals surface area contributed by atoms with Crippen LogP contribution in [0.25, 0.3) is 0 Å². The summed E-state index contributed by atoms with van der Waals surface area (Å²) in [6.45, 7) is 10.4. The van der Waals surface area contributed by atoms with E-state index in [1.165, 1.54) is 5.56 Å². The van der Waals surface area contributed by atoms with E-state index in [0.29, 0.717) is 0 Å². The van der Waals surface area contributed by atoms with Gasteiger partial charge < -0.3 is 9.88 Å². The number of carbonyl (C=O) groups excluding carboxylic acids is 1. The van der Waals surface area contributed by atoms with Crippen molar-refractivity contribution in [3.05, 3.63) is 58.9 Å². The second kappa shape index (κ2) is 6.82. The molecule has 3 heteroatoms. The summed E-state index contributed by atoms with van der Waals surface area (Å²) in [5, 5.41) is 3.05. The molecule has 2 atom stereocenters. The first kappa shape index (κ1) is 16.3. The fourth-order valence-corrected chi connectivity index (χ4v) is 2.89. The number of hydrogen-bond acceptors (Lipinski definition) is 1. The lowest BCUT2D eigenvalue weighted by atomic mass is 10.1. The third kappa shape index (κ3) is 3.24. The molecule has 2 unspecified atom stereocenters. The zero-order valence-electron chi connectivity index (χ0n) is 14.2. The van der Waals surface area contributed by atoms with E-state index in [2.05, 4.69) is 54.9 Å². The maximum atomic E-state index is 12.4. The topological polar surface area (TPSA) is 34.0 Å². The van der Waals surface area contributed by atoms with E-state index < -0.39 is 0 Å². The van der Waals surface area contributed by atoms with Gasteiger partial charge in [0, 0.05) is 17.4 Å². The molecule has 0 saturated heterocycles. The van der Waals surface area contributed by atoms with Crippen LogP contribution in [0.5, 0.6) is 0 Å². The standard InChI is InChI=1S/C19H26N2O/c1-6-13(2)20-19(22)18-12-14(3)21(16(18)5)15(4)17-10-8-7-9-11-17/h7-13,15H,6H2,1-5H3,(H,20,22). The molecule has 0 aliphatic heterocycles. The van der Waals surface area contributed by atoms with Gasteiger partial charge in [0.25, 0.3) is 5.91 Å². The molecule has 2 rings (SSSR count). The first-order valence-corrected chi connectivity index (χ1v) is 7.99. The molecule has 0 aliphatic rings. The first-order chi connectivity index (χ1) is 10.5. The third-order valence-corrected chi connectivity index (χ3v) is 4.39. The molecule has 2 aromatic rings. The second-order valence-corrected chi connectivity index (χ2v) is 6.02. The summed E-state index contributed by atoms with van der Waals surface area (Å²) in [6.07, 6.45) is 0.935. The van der Waals surface area contributed by atoms with Crippen molar-refractivity contribution in [3.63, 3.8) is 0 Å². The molecule has 3 nitrogen and oxygen atoms in total. The van der Waals surface area contributed by atoms with Gasteiger partial charge in [-0.3, -0.25) is 4.79 Å². The third-order valence-electron chi connectivity index (χ3n) is 4.39. The van der Waals surface area contributed by atoms with Gasteiger partial charge in [0.05, 0.1) is 11.6 Å². The average molecular weight is 298 g/mol. The van der Waals surface area contributed by atoms with Gasteiger partial charge in [0.15, 0.2) is 0 Å². The molecule has 0 saturated carbocycles. The number of carbonyl (C=O) groups is 1. The Kier molecular flexibility index (Phi) is 5.07. The van der Waals surface area contributed by atoms with E-state index in [-0.39, 0.29) is 18.0 Å². The van der Waals surface area contributed by atoms with E-state index in [4.69, 9.17) is 0 Å². The molecule has 0 fully saturated rings. The van der Waals surface area contributed by atoms with Crippen molar-refractivity contribution < 1.29 is 4.79 Å². The SMILES string of the molecule is CCC(C)NC(=O)c1cc(C)n(C(C)c2ccccc2)c1C. The summed E-state index contributed by atoms with van der Waals surface area (Å²) in [6, 6.07) is 12.8. The van der Waals surface area contributed by atoms with E-state index >= 15 is 0 Å². The zero-order chi connectivity index (χ0) is 16.3. The summed E-state index contributed by atoms with van der Waals surface area (Å²) in [5.41, 5.74) is 4.16. The van der Waals surface area contributed by atoms with Crippen LogP contribution in [-0.4, -0.2) is 16.5 Å². The highest BCUT2D eigenvalue weighted by Gasteiger charge is 2.20. The number of aryl methyl sites for hydroxylation is 1. The van der Waals surface area contributed by atoms with Crippen molar-refractivity contribution in [3.8, 4) is 0 Å². The Bertz CT molecular complexity index is 643. The minimum Gasteiger partial charge on any atom is -0.350 e. The van der Waals surface area contributed by atoms with Crippen molar-refractivity contribution >= 4 is 5.91 Å². The number of rotatable bonds is 5. The number of nitrogens with one attached hydrogen (secondary N) is 1. The van der Waals surface area contributed by atoms with Crippen molar-refractivity contribution in [2.75, 3.05) is 0 Å². The Labute approximate surface area is 133 Å². The number of benzene rings is 1. The Hall–Kier alpha value is -2.03. The molecule has 0 spiro atoms. The summed E-state index contributed by atoms with van der Waals surface area (Å²) in [5.74, 6) is 0.0222. The zero-order valence-corrected chi connectivity index (χ0v) is 14.2. The summed E-state index contributed by atoms with van der Waals surface area (Å²) in [7, 11) is 0. The molecule has 22 heavy (non-hydrogen) atoms. The predicted octanol–water partition coefficient (Wildman–Crippen LogP) is 4.24. The summed E-state index contributed by atoms with van der Waals surface area (Å²) >= 11 is 0. The fraction of sp³-hybridized carbons (Fsp3) is 0.421. The number of amides is 1. The van der Waals surface area contributed by atoms with Crippen molar-refractivity contribution in [2.24, 2.45) is 0 Å². The van der Waals surface area contributed by atoms with Crippen molar-refractivity contribution in [1.29, 1.82) is 0 Å². The van der Waals surface area contributed by atoms with Crippen LogP contribution in [0.4, 0.5) is 0 Å². The van der Waals surface area contributed by atoms with Crippen LogP contribution in [-0.2, 0) is 0 Å². The molecule has 0 radical (unpaired) electrons. The lowest BCUT2D eigenvalue weighted by Gasteiger charge is -2.19. The molecule has 1 aromatic carbocycles. The first-order valence-electron chi connectivity index (χ1n) is 7.99. The molecular weight excluding hydrogens is 272 g/mol. The average Bonchev–Trinajstić information content (AvgIpc) is 2.82. The van der Waals surface area contributed by atoms with Crippen LogP contribution in [0.3, 0.4) is 0 Å². The van der Waals surface area contributed by atoms with Gasteiger partial charge in [0.1, 0.15) is 0 Å². The molecule has 0 bridgehead atoms. The normalized spacial score (nSPS) is 13.7. The molecule has 1 N–H and O–H groups in total. The van der Waals surface area contributed by atoms with Crippen LogP contribution in [0, 0.1) is 13.8 Å². The predicted molar refractivity (Wildman–Crippen MR) is 91.4 cm³/mol. The van der Waals surface area contributed by atoms with Gasteiger partial charge in [-0.2, -0.15) is 0 Å². The van der Waals surface area contributed by atoms with Crippen LogP contribution >= 0.6 is 0 Å². The Morgan fingerprint density at radius 1 is 1.18 bits per heavy atom. The highest BCUT2D eigenvalue weighted by atomic mass is 16.1. The van der Waals surface area contributed by atoms with Gasteiger partial charge in [-0.15, -0.1) is 0 Å². The number of hydrogen-bond donors (Lipinski definition) is 1. The van der Waals surface area contributed by atoms with Crippen LogP contribution in [0.1, 0.15) is 60.5 Å². The maximum absolute atomic E-state index is 12.4. The Balaban J connectivity index is 2.33. The molecule has 1 heterocycles. The van der Waals surface area contributed by atoms with Gasteiger partial charge in [-0.1, -0.05) is 37.3 Å². The minimum absolute atomic E-state index is 0.0222. The lowest BCUT2D eigenvalue weighted by Crippen LogP contribution is -2.32. The summed E-state index contributed by atoms with van der Waals surface area (Å²) < 4.78 is 2.24. The highest BCUT2D eigenvalue weighted by Crippen LogP contribution is 2.25. The Morgan fingerprint density at radius 2 is 1.82 bits per heavy atom. The van der Waals surface area contributed by atoms with Crippen LogP contribution in [0.2, 0.25) is 0 Å². The van der Waals surface area contributed by atoms with Gasteiger partial charge in [0.2, 0.25) is 0 Å². The van der Waals surface area contributed by atoms with Gasteiger partial charge >= 0.3 is 0 Å². The van der Waals surface area contributed by atoms with Crippen LogP contribution in [0.15, 0.2) is 36.4 Å². The highest BCUT2D eigenvalue weighted by molar-refractivity contribution is 5.95. The van der Waals surface area contributed by atoms with Crippen LogP contribution < -0.4 is 5.32 Å². The monoisotopic (exact) mass is 298 g/mol. The number of nitrogens with zero attached hydrogens (tertiary/aromatic N) is 1. The van der Waals surface area contributed by atoms with Gasteiger partial charge in [-0.25, -0.2) is 0 Å². The Morgan fingerprint density at radius 3 is 2.41 bits per heavy atom. The van der Waals surface area contributed by atoms with E-state index in [1.54, 1.807) is 0 Å². The molecule has 118 valence electrons. The van der Waals surface area contributed by atoms with Gasteiger partial charge in [-0.05, 0) is 45.7 Å². The molecule has 0 aliphatic carbocycles. The van der Waals surface area contributed by atoms with E-state index in [9.17, 15) is 4.79 Å². The molecular formula is C19H26N2O. The summed E-state index contributed by atoms with van der Waals surface area (Å²) in [4.78, 5) is 12.4.